The molecule has 2 aliphatic carbocycles. The van der Waals surface area contributed by atoms with Crippen LogP contribution in [0, 0.1) is 17.8 Å². The first-order valence-electron chi connectivity index (χ1n) is 5.89. The molecule has 0 saturated heterocycles. The van der Waals surface area contributed by atoms with Gasteiger partial charge in [0.2, 0.25) is 0 Å². The summed E-state index contributed by atoms with van der Waals surface area (Å²) in [6.07, 6.45) is 9.37. The first kappa shape index (κ1) is 10.0. The number of rotatable bonds is 3. The van der Waals surface area contributed by atoms with E-state index in [2.05, 4.69) is 0 Å². The Hall–Kier alpha value is -0.530. The highest BCUT2D eigenvalue weighted by Crippen LogP contribution is 2.46. The van der Waals surface area contributed by atoms with Crippen LogP contribution in [0.25, 0.3) is 0 Å². The Bertz CT molecular complexity index is 206. The predicted octanol–water partition coefficient (Wildman–Crippen LogP) is 2.77. The topological polar surface area (TPSA) is 26.3 Å². The Balaban J connectivity index is 1.70. The summed E-state index contributed by atoms with van der Waals surface area (Å²) in [4.78, 5) is 11.2. The first-order valence-corrected chi connectivity index (χ1v) is 5.89. The van der Waals surface area contributed by atoms with Gasteiger partial charge in [-0.25, -0.2) is 0 Å². The minimum absolute atomic E-state index is 0.0193. The van der Waals surface area contributed by atoms with Crippen LogP contribution >= 0.6 is 0 Å². The van der Waals surface area contributed by atoms with Gasteiger partial charge in [-0.1, -0.05) is 32.1 Å². The van der Waals surface area contributed by atoms with Crippen molar-refractivity contribution < 1.29 is 9.53 Å². The monoisotopic (exact) mass is 196 g/mol. The summed E-state index contributed by atoms with van der Waals surface area (Å²) in [6.45, 7) is 0. The Labute approximate surface area is 86.0 Å². The zero-order valence-electron chi connectivity index (χ0n) is 9.00. The highest BCUT2D eigenvalue weighted by atomic mass is 16.5. The normalized spacial score (nSPS) is 32.6. The van der Waals surface area contributed by atoms with Gasteiger partial charge in [-0.15, -0.1) is 0 Å². The van der Waals surface area contributed by atoms with E-state index in [1.165, 1.54) is 45.6 Å². The molecule has 2 aliphatic rings. The maximum Gasteiger partial charge on any atom is 0.308 e. The van der Waals surface area contributed by atoms with E-state index in [-0.39, 0.29) is 11.9 Å². The van der Waals surface area contributed by atoms with Crippen molar-refractivity contribution in [2.24, 2.45) is 17.8 Å². The first-order chi connectivity index (χ1) is 6.81. The van der Waals surface area contributed by atoms with E-state index in [0.29, 0.717) is 5.92 Å². The average Bonchev–Trinajstić information content (AvgIpc) is 2.98. The molecule has 0 N–H and O–H groups in total. The quantitative estimate of drug-likeness (QED) is 0.649. The van der Waals surface area contributed by atoms with E-state index in [1.54, 1.807) is 0 Å². The fraction of sp³-hybridized carbons (Fsp3) is 0.917. The fourth-order valence-corrected chi connectivity index (χ4v) is 2.80. The smallest absolute Gasteiger partial charge is 0.308 e. The lowest BCUT2D eigenvalue weighted by molar-refractivity contribution is -0.142. The summed E-state index contributed by atoms with van der Waals surface area (Å²) in [7, 11) is 1.50. The van der Waals surface area contributed by atoms with Gasteiger partial charge in [-0.2, -0.15) is 0 Å². The zero-order chi connectivity index (χ0) is 9.97. The van der Waals surface area contributed by atoms with Gasteiger partial charge in [-0.05, 0) is 24.7 Å². The number of carbonyl (C=O) groups excluding carboxylic acids is 1. The van der Waals surface area contributed by atoms with Crippen LogP contribution in [0.1, 0.15) is 44.9 Å². The summed E-state index contributed by atoms with van der Waals surface area (Å²) < 4.78 is 4.75. The molecular weight excluding hydrogens is 176 g/mol. The summed E-state index contributed by atoms with van der Waals surface area (Å²) in [5.41, 5.74) is 0. The maximum atomic E-state index is 11.2. The van der Waals surface area contributed by atoms with Crippen LogP contribution < -0.4 is 0 Å². The number of ether oxygens (including phenoxy) is 1. The second-order valence-electron chi connectivity index (χ2n) is 4.87. The molecule has 2 nitrogen and oxygen atoms in total. The molecule has 2 heteroatoms. The fourth-order valence-electron chi connectivity index (χ4n) is 2.80. The molecule has 2 unspecified atom stereocenters. The van der Waals surface area contributed by atoms with E-state index in [9.17, 15) is 4.79 Å². The van der Waals surface area contributed by atoms with Gasteiger partial charge in [0.05, 0.1) is 13.0 Å². The molecule has 80 valence electrons. The van der Waals surface area contributed by atoms with Gasteiger partial charge in [-0.3, -0.25) is 4.79 Å². The van der Waals surface area contributed by atoms with Gasteiger partial charge >= 0.3 is 5.97 Å². The van der Waals surface area contributed by atoms with Gasteiger partial charge < -0.3 is 4.74 Å². The number of esters is 1. The maximum absolute atomic E-state index is 11.2. The third-order valence-electron chi connectivity index (χ3n) is 3.79. The molecule has 0 radical (unpaired) electrons. The largest absolute Gasteiger partial charge is 0.469 e. The third kappa shape index (κ3) is 2.28. The number of hydrogen-bond acceptors (Lipinski definition) is 2. The molecular formula is C12H20O2. The van der Waals surface area contributed by atoms with Gasteiger partial charge in [0.1, 0.15) is 0 Å². The SMILES string of the molecule is COC(=O)C1CC1CC1CCCCC1. The van der Waals surface area contributed by atoms with Gasteiger partial charge in [0, 0.05) is 0 Å². The summed E-state index contributed by atoms with van der Waals surface area (Å²) in [5.74, 6) is 1.83. The molecule has 0 bridgehead atoms. The molecule has 2 fully saturated rings. The number of methoxy groups -OCH3 is 1. The molecule has 0 heterocycles. The van der Waals surface area contributed by atoms with Crippen LogP contribution in [0.15, 0.2) is 0 Å². The Morgan fingerprint density at radius 1 is 1.29 bits per heavy atom. The van der Waals surface area contributed by atoms with Crippen LogP contribution in [0.5, 0.6) is 0 Å². The van der Waals surface area contributed by atoms with Crippen molar-refractivity contribution in [1.29, 1.82) is 0 Å². The second-order valence-corrected chi connectivity index (χ2v) is 4.87. The molecule has 0 spiro atoms. The van der Waals surface area contributed by atoms with Crippen molar-refractivity contribution in [2.45, 2.75) is 44.9 Å². The lowest BCUT2D eigenvalue weighted by atomic mass is 9.85. The van der Waals surface area contributed by atoms with Crippen LogP contribution in [-0.4, -0.2) is 13.1 Å². The molecule has 0 aromatic rings. The summed E-state index contributed by atoms with van der Waals surface area (Å²) in [5, 5.41) is 0. The minimum atomic E-state index is 0.0193. The van der Waals surface area contributed by atoms with Crippen LogP contribution in [0.3, 0.4) is 0 Å². The van der Waals surface area contributed by atoms with Crippen molar-refractivity contribution in [3.8, 4) is 0 Å². The molecule has 0 aromatic heterocycles. The summed E-state index contributed by atoms with van der Waals surface area (Å²) in [6, 6.07) is 0. The molecule has 0 amide bonds. The molecule has 2 saturated carbocycles. The standard InChI is InChI=1S/C12H20O2/c1-14-12(13)11-8-10(11)7-9-5-3-2-4-6-9/h9-11H,2-8H2,1H3. The molecule has 14 heavy (non-hydrogen) atoms. The molecule has 2 atom stereocenters. The Morgan fingerprint density at radius 3 is 2.64 bits per heavy atom. The van der Waals surface area contributed by atoms with E-state index < -0.39 is 0 Å². The van der Waals surface area contributed by atoms with Crippen molar-refractivity contribution in [3.05, 3.63) is 0 Å². The predicted molar refractivity (Wildman–Crippen MR) is 54.8 cm³/mol. The molecule has 0 aliphatic heterocycles. The summed E-state index contributed by atoms with van der Waals surface area (Å²) >= 11 is 0. The van der Waals surface area contributed by atoms with E-state index in [1.807, 2.05) is 0 Å². The van der Waals surface area contributed by atoms with Gasteiger partial charge in [0.25, 0.3) is 0 Å². The molecule has 0 aromatic carbocycles. The van der Waals surface area contributed by atoms with Crippen molar-refractivity contribution in [3.63, 3.8) is 0 Å². The van der Waals surface area contributed by atoms with E-state index in [0.717, 1.165) is 12.3 Å². The zero-order valence-corrected chi connectivity index (χ0v) is 9.00. The number of carbonyl (C=O) groups is 1. The lowest BCUT2D eigenvalue weighted by Gasteiger charge is -2.21. The van der Waals surface area contributed by atoms with Crippen molar-refractivity contribution >= 4 is 5.97 Å². The van der Waals surface area contributed by atoms with Crippen molar-refractivity contribution in [1.82, 2.24) is 0 Å². The highest BCUT2D eigenvalue weighted by molar-refractivity contribution is 5.75. The van der Waals surface area contributed by atoms with Crippen LogP contribution in [-0.2, 0) is 9.53 Å². The lowest BCUT2D eigenvalue weighted by Crippen LogP contribution is -2.10. The minimum Gasteiger partial charge on any atom is -0.469 e. The Morgan fingerprint density at radius 2 is 2.00 bits per heavy atom. The number of hydrogen-bond donors (Lipinski definition) is 0. The Kier molecular flexibility index (Phi) is 3.09. The molecule has 2 rings (SSSR count). The van der Waals surface area contributed by atoms with Crippen molar-refractivity contribution in [2.75, 3.05) is 7.11 Å². The average molecular weight is 196 g/mol. The highest BCUT2D eigenvalue weighted by Gasteiger charge is 2.44. The second kappa shape index (κ2) is 4.33. The van der Waals surface area contributed by atoms with E-state index in [4.69, 9.17) is 4.74 Å². The third-order valence-corrected chi connectivity index (χ3v) is 3.79. The van der Waals surface area contributed by atoms with Gasteiger partial charge in [0.15, 0.2) is 0 Å². The van der Waals surface area contributed by atoms with Crippen LogP contribution in [0.4, 0.5) is 0 Å². The van der Waals surface area contributed by atoms with Crippen LogP contribution in [0.2, 0.25) is 0 Å². The van der Waals surface area contributed by atoms with E-state index >= 15 is 0 Å².